The zero-order chi connectivity index (χ0) is 14.1. The first-order valence-electron chi connectivity index (χ1n) is 7.35. The van der Waals surface area contributed by atoms with Gasteiger partial charge in [-0.05, 0) is 24.6 Å². The average molecular weight is 277 g/mol. The summed E-state index contributed by atoms with van der Waals surface area (Å²) in [6, 6.07) is 5.80. The van der Waals surface area contributed by atoms with Crippen LogP contribution in [0.3, 0.4) is 0 Å². The summed E-state index contributed by atoms with van der Waals surface area (Å²) in [6.07, 6.45) is 0. The van der Waals surface area contributed by atoms with E-state index in [1.165, 1.54) is 6.07 Å². The van der Waals surface area contributed by atoms with Gasteiger partial charge in [-0.1, -0.05) is 0 Å². The van der Waals surface area contributed by atoms with Crippen molar-refractivity contribution >= 4 is 0 Å². The van der Waals surface area contributed by atoms with Crippen molar-refractivity contribution in [1.29, 1.82) is 0 Å². The van der Waals surface area contributed by atoms with Crippen molar-refractivity contribution in [3.8, 4) is 11.5 Å². The predicted molar refractivity (Wildman–Crippen MR) is 78.0 cm³/mol. The highest BCUT2D eigenvalue weighted by molar-refractivity contribution is 5.38. The van der Waals surface area contributed by atoms with Crippen molar-refractivity contribution in [3.05, 3.63) is 23.8 Å². The highest BCUT2D eigenvalue weighted by Crippen LogP contribution is 2.28. The Bertz CT molecular complexity index is 448. The van der Waals surface area contributed by atoms with Gasteiger partial charge in [-0.25, -0.2) is 0 Å². The largest absolute Gasteiger partial charge is 0.508 e. The van der Waals surface area contributed by atoms with Crippen LogP contribution in [0.25, 0.3) is 0 Å². The molecule has 0 spiro atoms. The fraction of sp³-hybridized carbons (Fsp3) is 0.600. The Morgan fingerprint density at radius 1 is 1.05 bits per heavy atom. The normalized spacial score (nSPS) is 23.4. The van der Waals surface area contributed by atoms with Crippen molar-refractivity contribution in [2.45, 2.75) is 19.0 Å². The van der Waals surface area contributed by atoms with E-state index in [4.69, 9.17) is 0 Å². The van der Waals surface area contributed by atoms with Crippen LogP contribution in [0.4, 0.5) is 0 Å². The highest BCUT2D eigenvalue weighted by Gasteiger charge is 2.29. The van der Waals surface area contributed by atoms with Gasteiger partial charge in [-0.15, -0.1) is 0 Å². The van der Waals surface area contributed by atoms with E-state index in [-0.39, 0.29) is 17.5 Å². The molecule has 0 radical (unpaired) electrons. The van der Waals surface area contributed by atoms with Crippen LogP contribution in [-0.4, -0.2) is 65.3 Å². The van der Waals surface area contributed by atoms with E-state index in [0.29, 0.717) is 0 Å². The van der Waals surface area contributed by atoms with Crippen molar-refractivity contribution in [3.63, 3.8) is 0 Å². The van der Waals surface area contributed by atoms with Crippen LogP contribution in [-0.2, 0) is 0 Å². The number of rotatable bonds is 3. The number of hydrogen-bond donors (Lipinski definition) is 3. The van der Waals surface area contributed by atoms with Gasteiger partial charge in [-0.3, -0.25) is 9.80 Å². The molecule has 0 amide bonds. The van der Waals surface area contributed by atoms with Crippen LogP contribution < -0.4 is 5.32 Å². The lowest BCUT2D eigenvalue weighted by atomic mass is 10.0. The summed E-state index contributed by atoms with van der Waals surface area (Å²) in [5.41, 5.74) is 0.973. The molecule has 2 aliphatic rings. The number of phenolic OH excluding ortho intramolecular Hbond substituents is 2. The molecular weight excluding hydrogens is 254 g/mol. The van der Waals surface area contributed by atoms with E-state index in [2.05, 4.69) is 22.0 Å². The summed E-state index contributed by atoms with van der Waals surface area (Å²) in [5, 5.41) is 22.5. The zero-order valence-corrected chi connectivity index (χ0v) is 11.9. The Morgan fingerprint density at radius 3 is 2.15 bits per heavy atom. The standard InChI is InChI=1S/C15H23N3O2/c1-11(12-6-14(19)8-15(20)7-12)17-2-4-18(5-3-17)13-9-16-10-13/h6-8,11,13,16,19-20H,2-5,9-10H2,1H3. The first kappa shape index (κ1) is 13.7. The maximum Gasteiger partial charge on any atom is 0.119 e. The summed E-state index contributed by atoms with van der Waals surface area (Å²) in [6.45, 7) is 8.64. The molecule has 2 heterocycles. The summed E-state index contributed by atoms with van der Waals surface area (Å²) in [5.74, 6) is 0.261. The number of hydrogen-bond acceptors (Lipinski definition) is 5. The summed E-state index contributed by atoms with van der Waals surface area (Å²) < 4.78 is 0. The molecule has 1 aromatic rings. The molecule has 20 heavy (non-hydrogen) atoms. The molecule has 0 aliphatic carbocycles. The van der Waals surface area contributed by atoms with Gasteiger partial charge in [0.1, 0.15) is 11.5 Å². The topological polar surface area (TPSA) is 59.0 Å². The van der Waals surface area contributed by atoms with E-state index in [1.807, 2.05) is 0 Å². The van der Waals surface area contributed by atoms with Crippen LogP contribution >= 0.6 is 0 Å². The highest BCUT2D eigenvalue weighted by atomic mass is 16.3. The van der Waals surface area contributed by atoms with Crippen LogP contribution in [0, 0.1) is 0 Å². The van der Waals surface area contributed by atoms with Crippen molar-refractivity contribution < 1.29 is 10.2 Å². The van der Waals surface area contributed by atoms with Gasteiger partial charge in [0.25, 0.3) is 0 Å². The van der Waals surface area contributed by atoms with Gasteiger partial charge < -0.3 is 15.5 Å². The Kier molecular flexibility index (Phi) is 3.83. The van der Waals surface area contributed by atoms with Crippen molar-refractivity contribution in [1.82, 2.24) is 15.1 Å². The quantitative estimate of drug-likeness (QED) is 0.761. The summed E-state index contributed by atoms with van der Waals surface area (Å²) in [4.78, 5) is 4.97. The number of nitrogens with zero attached hydrogens (tertiary/aromatic N) is 2. The minimum absolute atomic E-state index is 0.131. The van der Waals surface area contributed by atoms with Crippen molar-refractivity contribution in [2.75, 3.05) is 39.3 Å². The van der Waals surface area contributed by atoms with Gasteiger partial charge in [0.2, 0.25) is 0 Å². The second kappa shape index (κ2) is 5.60. The van der Waals surface area contributed by atoms with Gasteiger partial charge >= 0.3 is 0 Å². The molecule has 0 aromatic heterocycles. The lowest BCUT2D eigenvalue weighted by Gasteiger charge is -2.44. The summed E-state index contributed by atoms with van der Waals surface area (Å²) >= 11 is 0. The Hall–Kier alpha value is -1.30. The fourth-order valence-corrected chi connectivity index (χ4v) is 3.09. The SMILES string of the molecule is CC(c1cc(O)cc(O)c1)N1CCN(C2CNC2)CC1. The average Bonchev–Trinajstić information content (AvgIpc) is 2.35. The molecule has 2 saturated heterocycles. The van der Waals surface area contributed by atoms with E-state index in [0.717, 1.165) is 50.9 Å². The Balaban J connectivity index is 1.61. The molecule has 2 fully saturated rings. The molecule has 3 N–H and O–H groups in total. The molecule has 5 nitrogen and oxygen atoms in total. The molecule has 2 aliphatic heterocycles. The molecular formula is C15H23N3O2. The summed E-state index contributed by atoms with van der Waals surface area (Å²) in [7, 11) is 0. The molecule has 1 aromatic carbocycles. The zero-order valence-electron chi connectivity index (χ0n) is 11.9. The molecule has 5 heteroatoms. The lowest BCUT2D eigenvalue weighted by molar-refractivity contribution is 0.0551. The van der Waals surface area contributed by atoms with Crippen LogP contribution in [0.5, 0.6) is 11.5 Å². The third-order valence-electron chi connectivity index (χ3n) is 4.58. The molecule has 1 unspecified atom stereocenters. The van der Waals surface area contributed by atoms with Crippen LogP contribution in [0.15, 0.2) is 18.2 Å². The Labute approximate surface area is 119 Å². The third kappa shape index (κ3) is 2.75. The van der Waals surface area contributed by atoms with E-state index >= 15 is 0 Å². The van der Waals surface area contributed by atoms with Crippen LogP contribution in [0.2, 0.25) is 0 Å². The number of benzene rings is 1. The van der Waals surface area contributed by atoms with Gasteiger partial charge in [0, 0.05) is 57.4 Å². The predicted octanol–water partition coefficient (Wildman–Crippen LogP) is 0.748. The van der Waals surface area contributed by atoms with Gasteiger partial charge in [0.15, 0.2) is 0 Å². The monoisotopic (exact) mass is 277 g/mol. The second-order valence-electron chi connectivity index (χ2n) is 5.84. The first-order chi connectivity index (χ1) is 9.63. The number of piperazine rings is 1. The maximum atomic E-state index is 9.60. The molecule has 1 atom stereocenters. The molecule has 3 rings (SSSR count). The van der Waals surface area contributed by atoms with Gasteiger partial charge in [-0.2, -0.15) is 0 Å². The molecule has 110 valence electrons. The van der Waals surface area contributed by atoms with Gasteiger partial charge in [0.05, 0.1) is 0 Å². The number of phenols is 2. The van der Waals surface area contributed by atoms with Crippen molar-refractivity contribution in [2.24, 2.45) is 0 Å². The van der Waals surface area contributed by atoms with E-state index in [9.17, 15) is 10.2 Å². The third-order valence-corrected chi connectivity index (χ3v) is 4.58. The Morgan fingerprint density at radius 2 is 1.65 bits per heavy atom. The van der Waals surface area contributed by atoms with E-state index in [1.54, 1.807) is 12.1 Å². The maximum absolute atomic E-state index is 9.60. The smallest absolute Gasteiger partial charge is 0.119 e. The first-order valence-corrected chi connectivity index (χ1v) is 7.35. The number of aromatic hydroxyl groups is 2. The fourth-order valence-electron chi connectivity index (χ4n) is 3.09. The molecule has 0 bridgehead atoms. The second-order valence-corrected chi connectivity index (χ2v) is 5.84. The minimum Gasteiger partial charge on any atom is -0.508 e. The van der Waals surface area contributed by atoms with E-state index < -0.39 is 0 Å². The lowest BCUT2D eigenvalue weighted by Crippen LogP contribution is -2.61. The number of nitrogens with one attached hydrogen (secondary N) is 1. The minimum atomic E-state index is 0.131. The van der Waals surface area contributed by atoms with Crippen LogP contribution in [0.1, 0.15) is 18.5 Å². The molecule has 0 saturated carbocycles.